The van der Waals surface area contributed by atoms with Gasteiger partial charge in [0.25, 0.3) is 0 Å². The van der Waals surface area contributed by atoms with Crippen LogP contribution in [0.2, 0.25) is 0 Å². The van der Waals surface area contributed by atoms with Gasteiger partial charge in [-0.1, -0.05) is 12.1 Å². The van der Waals surface area contributed by atoms with Crippen molar-refractivity contribution in [1.29, 1.82) is 0 Å². The molecule has 0 spiro atoms. The molecule has 1 N–H and O–H groups in total. The predicted molar refractivity (Wildman–Crippen MR) is 62.4 cm³/mol. The molecule has 0 saturated heterocycles. The van der Waals surface area contributed by atoms with Crippen LogP contribution >= 0.6 is 0 Å². The maximum Gasteiger partial charge on any atom is 0.303 e. The first kappa shape index (κ1) is 12.2. The van der Waals surface area contributed by atoms with E-state index in [0.717, 1.165) is 0 Å². The summed E-state index contributed by atoms with van der Waals surface area (Å²) in [7, 11) is 1.69. The van der Waals surface area contributed by atoms with Crippen molar-refractivity contribution in [3.63, 3.8) is 0 Å². The number of carbonyl (C=O) groups is 1. The van der Waals surface area contributed by atoms with Crippen LogP contribution in [0.3, 0.4) is 0 Å². The van der Waals surface area contributed by atoms with E-state index >= 15 is 0 Å². The summed E-state index contributed by atoms with van der Waals surface area (Å²) in [4.78, 5) is 14.7. The first-order valence-electron chi connectivity index (χ1n) is 5.44. The zero-order valence-corrected chi connectivity index (χ0v) is 9.80. The number of aromatic nitrogens is 3. The van der Waals surface area contributed by atoms with E-state index in [0.29, 0.717) is 17.2 Å². The van der Waals surface area contributed by atoms with E-state index in [1.54, 1.807) is 19.2 Å². The third-order valence-corrected chi connectivity index (χ3v) is 2.45. The summed E-state index contributed by atoms with van der Waals surface area (Å²) in [5.74, 6) is -0.272. The summed E-state index contributed by atoms with van der Waals surface area (Å²) in [5, 5.41) is 12.7. The Kier molecular flexibility index (Phi) is 3.36. The lowest BCUT2D eigenvalue weighted by atomic mass is 10.2. The van der Waals surface area contributed by atoms with Gasteiger partial charge in [-0.3, -0.25) is 4.79 Å². The Balaban J connectivity index is 2.26. The van der Waals surface area contributed by atoms with Crippen LogP contribution in [-0.4, -0.2) is 25.8 Å². The van der Waals surface area contributed by atoms with Crippen molar-refractivity contribution in [3.8, 4) is 11.4 Å². The molecular weight excluding hydrogens is 237 g/mol. The first-order chi connectivity index (χ1) is 8.56. The molecule has 0 amide bonds. The SMILES string of the molecule is Cn1nc(CCC(=O)O)nc1-c1cccc(F)c1. The average Bonchev–Trinajstić information content (AvgIpc) is 2.68. The maximum absolute atomic E-state index is 13.1. The first-order valence-corrected chi connectivity index (χ1v) is 5.44. The van der Waals surface area contributed by atoms with Crippen LogP contribution in [0.4, 0.5) is 4.39 Å². The van der Waals surface area contributed by atoms with Crippen LogP contribution in [0.5, 0.6) is 0 Å². The minimum Gasteiger partial charge on any atom is -0.481 e. The average molecular weight is 249 g/mol. The van der Waals surface area contributed by atoms with Gasteiger partial charge in [0.2, 0.25) is 0 Å². The Morgan fingerprint density at radius 1 is 1.50 bits per heavy atom. The highest BCUT2D eigenvalue weighted by atomic mass is 19.1. The summed E-state index contributed by atoms with van der Waals surface area (Å²) in [6.45, 7) is 0. The highest BCUT2D eigenvalue weighted by molar-refractivity contribution is 5.67. The monoisotopic (exact) mass is 249 g/mol. The summed E-state index contributed by atoms with van der Waals surface area (Å²) in [6.07, 6.45) is 0.241. The van der Waals surface area contributed by atoms with Crippen molar-refractivity contribution in [2.75, 3.05) is 0 Å². The van der Waals surface area contributed by atoms with Gasteiger partial charge in [0.15, 0.2) is 11.6 Å². The summed E-state index contributed by atoms with van der Waals surface area (Å²) < 4.78 is 14.6. The number of aliphatic carboxylic acids is 1. The molecule has 0 aliphatic carbocycles. The lowest BCUT2D eigenvalue weighted by Gasteiger charge is -1.99. The van der Waals surface area contributed by atoms with E-state index in [1.807, 2.05) is 0 Å². The molecule has 18 heavy (non-hydrogen) atoms. The number of nitrogens with zero attached hydrogens (tertiary/aromatic N) is 3. The van der Waals surface area contributed by atoms with Gasteiger partial charge in [0, 0.05) is 19.0 Å². The Hall–Kier alpha value is -2.24. The van der Waals surface area contributed by atoms with Gasteiger partial charge in [0.1, 0.15) is 5.82 Å². The molecular formula is C12H12FN3O2. The van der Waals surface area contributed by atoms with E-state index in [1.165, 1.54) is 16.8 Å². The minimum absolute atomic E-state index is 0.0212. The largest absolute Gasteiger partial charge is 0.481 e. The second-order valence-electron chi connectivity index (χ2n) is 3.88. The molecule has 1 heterocycles. The number of aryl methyl sites for hydroxylation is 2. The van der Waals surface area contributed by atoms with Gasteiger partial charge in [-0.15, -0.1) is 0 Å². The second kappa shape index (κ2) is 4.95. The van der Waals surface area contributed by atoms with Crippen LogP contribution in [0, 0.1) is 5.82 Å². The van der Waals surface area contributed by atoms with Crippen LogP contribution in [-0.2, 0) is 18.3 Å². The number of carboxylic acid groups (broad SMARTS) is 1. The molecule has 6 heteroatoms. The molecule has 0 bridgehead atoms. The molecule has 0 radical (unpaired) electrons. The molecule has 0 fully saturated rings. The molecule has 94 valence electrons. The standard InChI is InChI=1S/C12H12FN3O2/c1-16-12(8-3-2-4-9(13)7-8)14-10(15-16)5-6-11(17)18/h2-4,7H,5-6H2,1H3,(H,17,18). The van der Waals surface area contributed by atoms with Gasteiger partial charge >= 0.3 is 5.97 Å². The number of carboxylic acids is 1. The van der Waals surface area contributed by atoms with Crippen molar-refractivity contribution in [3.05, 3.63) is 35.9 Å². The Labute approximate surface area is 103 Å². The number of halogens is 1. The second-order valence-corrected chi connectivity index (χ2v) is 3.88. The molecule has 2 rings (SSSR count). The number of benzene rings is 1. The lowest BCUT2D eigenvalue weighted by molar-refractivity contribution is -0.137. The van der Waals surface area contributed by atoms with Crippen molar-refractivity contribution >= 4 is 5.97 Å². The highest BCUT2D eigenvalue weighted by Crippen LogP contribution is 2.17. The van der Waals surface area contributed by atoms with Crippen molar-refractivity contribution < 1.29 is 14.3 Å². The number of hydrogen-bond acceptors (Lipinski definition) is 3. The third kappa shape index (κ3) is 2.71. The summed E-state index contributed by atoms with van der Waals surface area (Å²) in [5.41, 5.74) is 0.617. The molecule has 0 aliphatic heterocycles. The van der Waals surface area contributed by atoms with Gasteiger partial charge < -0.3 is 5.11 Å². The van der Waals surface area contributed by atoms with Crippen LogP contribution < -0.4 is 0 Å². The fraction of sp³-hybridized carbons (Fsp3) is 0.250. The third-order valence-electron chi connectivity index (χ3n) is 2.45. The zero-order chi connectivity index (χ0) is 13.1. The molecule has 1 aromatic carbocycles. The summed E-state index contributed by atoms with van der Waals surface area (Å²) in [6, 6.07) is 6.04. The molecule has 2 aromatic rings. The Morgan fingerprint density at radius 2 is 2.28 bits per heavy atom. The molecule has 0 atom stereocenters. The van der Waals surface area contributed by atoms with Crippen LogP contribution in [0.1, 0.15) is 12.2 Å². The van der Waals surface area contributed by atoms with E-state index in [-0.39, 0.29) is 18.7 Å². The van der Waals surface area contributed by atoms with E-state index < -0.39 is 5.97 Å². The smallest absolute Gasteiger partial charge is 0.303 e. The molecule has 0 saturated carbocycles. The number of rotatable bonds is 4. The quantitative estimate of drug-likeness (QED) is 0.894. The van der Waals surface area contributed by atoms with Gasteiger partial charge in [0.05, 0.1) is 6.42 Å². The summed E-state index contributed by atoms with van der Waals surface area (Å²) >= 11 is 0. The fourth-order valence-corrected chi connectivity index (χ4v) is 1.64. The molecule has 5 nitrogen and oxygen atoms in total. The molecule has 0 aliphatic rings. The van der Waals surface area contributed by atoms with Crippen molar-refractivity contribution in [2.45, 2.75) is 12.8 Å². The molecule has 0 unspecified atom stereocenters. The van der Waals surface area contributed by atoms with Crippen molar-refractivity contribution in [2.24, 2.45) is 7.05 Å². The normalized spacial score (nSPS) is 10.6. The lowest BCUT2D eigenvalue weighted by Crippen LogP contribution is -1.99. The zero-order valence-electron chi connectivity index (χ0n) is 9.80. The maximum atomic E-state index is 13.1. The van der Waals surface area contributed by atoms with E-state index in [4.69, 9.17) is 5.11 Å². The number of hydrogen-bond donors (Lipinski definition) is 1. The minimum atomic E-state index is -0.894. The highest BCUT2D eigenvalue weighted by Gasteiger charge is 2.11. The Bertz CT molecular complexity index is 580. The van der Waals surface area contributed by atoms with Crippen LogP contribution in [0.25, 0.3) is 11.4 Å². The van der Waals surface area contributed by atoms with Gasteiger partial charge in [-0.2, -0.15) is 5.10 Å². The van der Waals surface area contributed by atoms with Crippen LogP contribution in [0.15, 0.2) is 24.3 Å². The van der Waals surface area contributed by atoms with Gasteiger partial charge in [-0.05, 0) is 12.1 Å². The topological polar surface area (TPSA) is 68.0 Å². The predicted octanol–water partition coefficient (Wildman–Crippen LogP) is 1.64. The fourth-order valence-electron chi connectivity index (χ4n) is 1.64. The Morgan fingerprint density at radius 3 is 2.94 bits per heavy atom. The van der Waals surface area contributed by atoms with Crippen molar-refractivity contribution in [1.82, 2.24) is 14.8 Å². The van der Waals surface area contributed by atoms with E-state index in [9.17, 15) is 9.18 Å². The van der Waals surface area contributed by atoms with Gasteiger partial charge in [-0.25, -0.2) is 14.1 Å². The molecule has 1 aromatic heterocycles. The van der Waals surface area contributed by atoms with E-state index in [2.05, 4.69) is 10.1 Å².